The van der Waals surface area contributed by atoms with E-state index in [0.29, 0.717) is 41.1 Å². The van der Waals surface area contributed by atoms with Gasteiger partial charge in [0.25, 0.3) is 5.91 Å². The molecule has 244 valence electrons. The minimum Gasteiger partial charge on any atom is -0.495 e. The van der Waals surface area contributed by atoms with E-state index in [0.717, 1.165) is 50.4 Å². The molecule has 0 radical (unpaired) electrons. The van der Waals surface area contributed by atoms with Gasteiger partial charge in [-0.15, -0.1) is 0 Å². The molecule has 2 amide bonds. The maximum Gasteiger partial charge on any atom is 0.251 e. The van der Waals surface area contributed by atoms with E-state index in [-0.39, 0.29) is 23.9 Å². The number of hydrogen-bond acceptors (Lipinski definition) is 9. The molecule has 1 saturated heterocycles. The third kappa shape index (κ3) is 7.04. The fourth-order valence-electron chi connectivity index (χ4n) is 7.28. The van der Waals surface area contributed by atoms with Crippen LogP contribution in [0.5, 0.6) is 5.75 Å². The van der Waals surface area contributed by atoms with Crippen molar-refractivity contribution in [2.75, 3.05) is 68.5 Å². The number of benzene rings is 1. The molecule has 3 fully saturated rings. The zero-order valence-electron chi connectivity index (χ0n) is 27.4. The Balaban J connectivity index is 1.05. The van der Waals surface area contributed by atoms with Crippen molar-refractivity contribution in [1.29, 1.82) is 0 Å². The Hall–Kier alpha value is -3.44. The highest BCUT2D eigenvalue weighted by molar-refractivity contribution is 6.04. The molecule has 3 heterocycles. The zero-order chi connectivity index (χ0) is 31.5. The van der Waals surface area contributed by atoms with Crippen molar-refractivity contribution in [2.24, 2.45) is 5.92 Å². The molecule has 1 atom stereocenters. The molecule has 11 heteroatoms. The molecular weight excluding hydrogens is 568 g/mol. The predicted molar refractivity (Wildman–Crippen MR) is 178 cm³/mol. The summed E-state index contributed by atoms with van der Waals surface area (Å²) in [6, 6.07) is 6.01. The quantitative estimate of drug-likeness (QED) is 0.382. The number of rotatable bonds is 11. The summed E-state index contributed by atoms with van der Waals surface area (Å²) in [4.78, 5) is 44.6. The van der Waals surface area contributed by atoms with Crippen molar-refractivity contribution < 1.29 is 14.3 Å². The lowest BCUT2D eigenvalue weighted by atomic mass is 9.89. The zero-order valence-corrected chi connectivity index (χ0v) is 27.4. The molecule has 2 saturated carbocycles. The van der Waals surface area contributed by atoms with Crippen LogP contribution in [0.1, 0.15) is 75.6 Å². The van der Waals surface area contributed by atoms with E-state index in [4.69, 9.17) is 9.72 Å². The molecule has 0 unspecified atom stereocenters. The Morgan fingerprint density at radius 2 is 1.80 bits per heavy atom. The number of aromatic nitrogens is 2. The van der Waals surface area contributed by atoms with Gasteiger partial charge in [0.15, 0.2) is 5.82 Å². The average molecular weight is 619 g/mol. The van der Waals surface area contributed by atoms with Crippen LogP contribution in [0.4, 0.5) is 23.1 Å². The Bertz CT molecular complexity index is 1350. The first-order valence-electron chi connectivity index (χ1n) is 17.0. The second kappa shape index (κ2) is 13.9. The summed E-state index contributed by atoms with van der Waals surface area (Å²) in [6.45, 7) is 10.9. The summed E-state index contributed by atoms with van der Waals surface area (Å²) < 4.78 is 5.68. The van der Waals surface area contributed by atoms with Crippen molar-refractivity contribution in [3.8, 4) is 5.75 Å². The van der Waals surface area contributed by atoms with E-state index in [1.807, 2.05) is 19.1 Å². The van der Waals surface area contributed by atoms with E-state index in [1.54, 1.807) is 31.3 Å². The highest BCUT2D eigenvalue weighted by Crippen LogP contribution is 2.36. The number of carbonyl (C=O) groups is 2. The average Bonchev–Trinajstić information content (AvgIpc) is 3.88. The van der Waals surface area contributed by atoms with E-state index in [2.05, 4.69) is 37.2 Å². The van der Waals surface area contributed by atoms with Crippen molar-refractivity contribution in [1.82, 2.24) is 25.1 Å². The van der Waals surface area contributed by atoms with Crippen LogP contribution < -0.4 is 25.2 Å². The smallest absolute Gasteiger partial charge is 0.251 e. The van der Waals surface area contributed by atoms with Crippen LogP contribution in [0.2, 0.25) is 0 Å². The van der Waals surface area contributed by atoms with Gasteiger partial charge in [0.05, 0.1) is 19.0 Å². The number of fused-ring (bicyclic) bond motifs is 1. The monoisotopic (exact) mass is 618 g/mol. The van der Waals surface area contributed by atoms with Gasteiger partial charge >= 0.3 is 0 Å². The van der Waals surface area contributed by atoms with Crippen LogP contribution in [0.25, 0.3) is 0 Å². The van der Waals surface area contributed by atoms with E-state index in [1.165, 1.54) is 45.6 Å². The Morgan fingerprint density at radius 1 is 1.04 bits per heavy atom. The maximum absolute atomic E-state index is 13.3. The number of methoxy groups -OCH3 is 1. The number of nitrogens with zero attached hydrogens (tertiary/aromatic N) is 6. The number of carbonyl (C=O) groups excluding carboxylic acids is 2. The molecule has 2 N–H and O–H groups in total. The lowest BCUT2D eigenvalue weighted by Gasteiger charge is -2.42. The summed E-state index contributed by atoms with van der Waals surface area (Å²) in [5, 5.41) is 6.56. The number of ether oxygens (including phenoxy) is 1. The van der Waals surface area contributed by atoms with E-state index in [9.17, 15) is 9.59 Å². The van der Waals surface area contributed by atoms with E-state index >= 15 is 0 Å². The number of amides is 2. The van der Waals surface area contributed by atoms with Gasteiger partial charge in [-0.25, -0.2) is 4.98 Å². The Kier molecular flexibility index (Phi) is 9.75. The number of hydrogen-bond donors (Lipinski definition) is 2. The lowest BCUT2D eigenvalue weighted by Crippen LogP contribution is -2.52. The van der Waals surface area contributed by atoms with Crippen LogP contribution >= 0.6 is 0 Å². The fourth-order valence-corrected chi connectivity index (χ4v) is 7.28. The van der Waals surface area contributed by atoms with Crippen molar-refractivity contribution >= 4 is 35.0 Å². The van der Waals surface area contributed by atoms with Gasteiger partial charge in [0, 0.05) is 64.0 Å². The molecule has 1 aromatic carbocycles. The van der Waals surface area contributed by atoms with Gasteiger partial charge in [0.2, 0.25) is 11.9 Å². The van der Waals surface area contributed by atoms with Gasteiger partial charge in [-0.2, -0.15) is 4.98 Å². The molecule has 0 bridgehead atoms. The summed E-state index contributed by atoms with van der Waals surface area (Å²) in [5.41, 5.74) is 1.93. The second-order valence-electron chi connectivity index (χ2n) is 13.2. The molecular formula is C34H50N8O3. The lowest BCUT2D eigenvalue weighted by molar-refractivity contribution is -0.120. The van der Waals surface area contributed by atoms with Gasteiger partial charge < -0.3 is 30.1 Å². The standard InChI is InChI=1S/C34H50N8O3/c1-5-15-42-28(6-2)33(44)39(3)29-21-35-34(38-31(29)42)37-27-14-9-24(20-30(27)45-4)32(43)36-25-10-12-26(13-11-25)41-18-16-40(17-19-41)22-23-7-8-23/h9,14,20-21,23,25-26,28H,5-8,10-13,15-19,22H2,1-4H3,(H,36,43)(H,35,37,38)/t25?,26?,28-/m1/s1. The third-order valence-corrected chi connectivity index (χ3v) is 10.1. The van der Waals surface area contributed by atoms with Gasteiger partial charge in [-0.3, -0.25) is 14.5 Å². The highest BCUT2D eigenvalue weighted by atomic mass is 16.5. The van der Waals surface area contributed by atoms with Gasteiger partial charge in [-0.1, -0.05) is 13.8 Å². The summed E-state index contributed by atoms with van der Waals surface area (Å²) in [5.74, 6) is 2.64. The molecule has 4 aliphatic rings. The van der Waals surface area contributed by atoms with Crippen molar-refractivity contribution in [3.63, 3.8) is 0 Å². The SMILES string of the molecule is CCCN1c2nc(Nc3ccc(C(=O)NC4CCC(N5CCN(CC6CC6)CC5)CC4)cc3OC)ncc2N(C)C(=O)[C@H]1CC. The first-order valence-corrected chi connectivity index (χ1v) is 17.0. The highest BCUT2D eigenvalue weighted by Gasteiger charge is 2.37. The van der Waals surface area contributed by atoms with Crippen LogP contribution in [-0.2, 0) is 4.79 Å². The number of piperazine rings is 1. The molecule has 2 aromatic rings. The topological polar surface area (TPSA) is 106 Å². The minimum absolute atomic E-state index is 0.0591. The van der Waals surface area contributed by atoms with Crippen LogP contribution in [0, 0.1) is 5.92 Å². The van der Waals surface area contributed by atoms with Gasteiger partial charge in [-0.05, 0) is 75.5 Å². The largest absolute Gasteiger partial charge is 0.495 e. The van der Waals surface area contributed by atoms with E-state index < -0.39 is 0 Å². The van der Waals surface area contributed by atoms with Crippen molar-refractivity contribution in [3.05, 3.63) is 30.0 Å². The summed E-state index contributed by atoms with van der Waals surface area (Å²) >= 11 is 0. The predicted octanol–water partition coefficient (Wildman–Crippen LogP) is 4.27. The molecule has 1 aromatic heterocycles. The Morgan fingerprint density at radius 3 is 2.47 bits per heavy atom. The second-order valence-corrected chi connectivity index (χ2v) is 13.2. The summed E-state index contributed by atoms with van der Waals surface area (Å²) in [7, 11) is 3.37. The van der Waals surface area contributed by atoms with Crippen LogP contribution in [0.15, 0.2) is 24.4 Å². The molecule has 0 spiro atoms. The summed E-state index contributed by atoms with van der Waals surface area (Å²) in [6.07, 6.45) is 10.4. The normalized spacial score (nSPS) is 24.4. The van der Waals surface area contributed by atoms with Crippen LogP contribution in [-0.4, -0.2) is 103 Å². The first-order chi connectivity index (χ1) is 21.9. The number of anilines is 4. The maximum atomic E-state index is 13.3. The van der Waals surface area contributed by atoms with Gasteiger partial charge in [0.1, 0.15) is 17.5 Å². The third-order valence-electron chi connectivity index (χ3n) is 10.1. The molecule has 6 rings (SSSR count). The number of nitrogens with one attached hydrogen (secondary N) is 2. The molecule has 11 nitrogen and oxygen atoms in total. The fraction of sp³-hybridized carbons (Fsp3) is 0.647. The minimum atomic E-state index is -0.250. The molecule has 45 heavy (non-hydrogen) atoms. The first kappa shape index (κ1) is 31.5. The molecule has 2 aliphatic carbocycles. The Labute approximate surface area is 267 Å². The molecule has 2 aliphatic heterocycles. The van der Waals surface area contributed by atoms with Crippen molar-refractivity contribution in [2.45, 2.75) is 83.3 Å². The van der Waals surface area contributed by atoms with Crippen LogP contribution in [0.3, 0.4) is 0 Å². The number of likely N-dealkylation sites (N-methyl/N-ethyl adjacent to an activating group) is 1.